The van der Waals surface area contributed by atoms with E-state index in [1.54, 1.807) is 0 Å². The van der Waals surface area contributed by atoms with E-state index in [1.165, 1.54) is 0 Å². The second-order valence-electron chi connectivity index (χ2n) is 9.00. The van der Waals surface area contributed by atoms with E-state index in [1.807, 2.05) is 55.6 Å². The molecule has 2 atom stereocenters. The van der Waals surface area contributed by atoms with E-state index < -0.39 is 30.4 Å². The summed E-state index contributed by atoms with van der Waals surface area (Å²) < 4.78 is 5.48. The van der Waals surface area contributed by atoms with Gasteiger partial charge in [-0.2, -0.15) is 0 Å². The maximum absolute atomic E-state index is 12.7. The molecule has 3 N–H and O–H groups in total. The normalized spacial score (nSPS) is 18.4. The van der Waals surface area contributed by atoms with Gasteiger partial charge in [0.2, 0.25) is 5.91 Å². The number of fused-ring (bicyclic) bond motifs is 3. The zero-order valence-electron chi connectivity index (χ0n) is 19.3. The fourth-order valence-electron chi connectivity index (χ4n) is 4.91. The van der Waals surface area contributed by atoms with Crippen LogP contribution in [0.1, 0.15) is 42.7 Å². The maximum atomic E-state index is 12.7. The Labute approximate surface area is 199 Å². The molecule has 2 unspecified atom stereocenters. The summed E-state index contributed by atoms with van der Waals surface area (Å²) in [4.78, 5) is 38.8. The molecule has 1 aliphatic heterocycles. The van der Waals surface area contributed by atoms with Gasteiger partial charge in [0.1, 0.15) is 12.6 Å². The van der Waals surface area contributed by atoms with Gasteiger partial charge in [-0.3, -0.25) is 9.59 Å². The summed E-state index contributed by atoms with van der Waals surface area (Å²) in [5.41, 5.74) is 4.38. The number of carboxylic acids is 1. The van der Waals surface area contributed by atoms with Crippen LogP contribution < -0.4 is 10.6 Å². The number of aliphatic carboxylic acids is 1. The van der Waals surface area contributed by atoms with Crippen molar-refractivity contribution in [1.82, 2.24) is 15.5 Å². The number of alkyl carbamates (subject to hydrolysis) is 1. The predicted molar refractivity (Wildman–Crippen MR) is 128 cm³/mol. The number of hydrogen-bond donors (Lipinski definition) is 3. The Morgan fingerprint density at radius 3 is 2.32 bits per heavy atom. The van der Waals surface area contributed by atoms with Gasteiger partial charge in [-0.15, -0.1) is 0 Å². The standard InChI is InChI=1S/C26H31N3O5/c1-29-13-7-6-8-17(29)15-27-25(32)23(14-24(30)31)28-26(33)34-16-22-20-11-4-2-9-18(20)19-10-3-5-12-21(19)22/h2-5,9-12,17,22-23H,6-8,13-16H2,1H3,(H,27,32)(H,28,33)(H,30,31). The monoisotopic (exact) mass is 465 g/mol. The van der Waals surface area contributed by atoms with Crippen molar-refractivity contribution in [2.45, 2.75) is 43.7 Å². The van der Waals surface area contributed by atoms with E-state index in [4.69, 9.17) is 4.74 Å². The Balaban J connectivity index is 1.36. The molecule has 0 bridgehead atoms. The molecule has 0 saturated carbocycles. The van der Waals surface area contributed by atoms with Gasteiger partial charge in [0.05, 0.1) is 6.42 Å². The van der Waals surface area contributed by atoms with Crippen molar-refractivity contribution in [2.24, 2.45) is 0 Å². The Kier molecular flexibility index (Phi) is 7.47. The molecular weight excluding hydrogens is 434 g/mol. The minimum absolute atomic E-state index is 0.0914. The minimum Gasteiger partial charge on any atom is -0.481 e. The van der Waals surface area contributed by atoms with Crippen LogP contribution in [0.4, 0.5) is 4.79 Å². The molecule has 2 aromatic rings. The van der Waals surface area contributed by atoms with Crippen molar-refractivity contribution in [2.75, 3.05) is 26.7 Å². The van der Waals surface area contributed by atoms with Crippen molar-refractivity contribution < 1.29 is 24.2 Å². The van der Waals surface area contributed by atoms with E-state index in [0.717, 1.165) is 48.1 Å². The zero-order valence-corrected chi connectivity index (χ0v) is 19.3. The van der Waals surface area contributed by atoms with E-state index in [-0.39, 0.29) is 18.6 Å². The number of ether oxygens (including phenoxy) is 1. The molecule has 2 aromatic carbocycles. The summed E-state index contributed by atoms with van der Waals surface area (Å²) in [7, 11) is 2.01. The number of piperidine rings is 1. The Bertz CT molecular complexity index is 1010. The molecule has 0 aromatic heterocycles. The highest BCUT2D eigenvalue weighted by Gasteiger charge is 2.30. The van der Waals surface area contributed by atoms with Crippen molar-refractivity contribution in [3.8, 4) is 11.1 Å². The molecular formula is C26H31N3O5. The molecule has 8 nitrogen and oxygen atoms in total. The third kappa shape index (κ3) is 5.39. The first-order chi connectivity index (χ1) is 16.4. The number of nitrogens with zero attached hydrogens (tertiary/aromatic N) is 1. The number of likely N-dealkylation sites (N-methyl/N-ethyl adjacent to an activating group) is 1. The smallest absolute Gasteiger partial charge is 0.407 e. The Morgan fingerprint density at radius 1 is 1.06 bits per heavy atom. The number of amides is 2. The maximum Gasteiger partial charge on any atom is 0.407 e. The average molecular weight is 466 g/mol. The molecule has 180 valence electrons. The van der Waals surface area contributed by atoms with Gasteiger partial charge >= 0.3 is 12.1 Å². The number of carboxylic acid groups (broad SMARTS) is 1. The predicted octanol–water partition coefficient (Wildman–Crippen LogP) is 2.97. The second kappa shape index (κ2) is 10.7. The summed E-state index contributed by atoms with van der Waals surface area (Å²) in [6.07, 6.45) is 1.88. The number of likely N-dealkylation sites (tertiary alicyclic amines) is 1. The van der Waals surface area contributed by atoms with E-state index >= 15 is 0 Å². The first-order valence-electron chi connectivity index (χ1n) is 11.7. The van der Waals surface area contributed by atoms with Crippen LogP contribution in [0.15, 0.2) is 48.5 Å². The first-order valence-corrected chi connectivity index (χ1v) is 11.7. The van der Waals surface area contributed by atoms with Crippen molar-refractivity contribution in [3.05, 3.63) is 59.7 Å². The lowest BCUT2D eigenvalue weighted by atomic mass is 9.98. The lowest BCUT2D eigenvalue weighted by Crippen LogP contribution is -2.51. The summed E-state index contributed by atoms with van der Waals surface area (Å²) in [5.74, 6) is -1.81. The molecule has 0 radical (unpaired) electrons. The largest absolute Gasteiger partial charge is 0.481 e. The SMILES string of the molecule is CN1CCCCC1CNC(=O)C(CC(=O)O)NC(=O)OCC1c2ccccc2-c2ccccc21. The average Bonchev–Trinajstić information content (AvgIpc) is 3.15. The number of rotatable bonds is 8. The fourth-order valence-corrected chi connectivity index (χ4v) is 4.91. The number of benzene rings is 2. The van der Waals surface area contributed by atoms with Crippen LogP contribution in [0.5, 0.6) is 0 Å². The number of hydrogen-bond acceptors (Lipinski definition) is 5. The highest BCUT2D eigenvalue weighted by molar-refractivity contribution is 5.89. The Morgan fingerprint density at radius 2 is 1.71 bits per heavy atom. The third-order valence-electron chi connectivity index (χ3n) is 6.76. The van der Waals surface area contributed by atoms with Crippen molar-refractivity contribution >= 4 is 18.0 Å². The quantitative estimate of drug-likeness (QED) is 0.553. The van der Waals surface area contributed by atoms with Gasteiger partial charge in [0.15, 0.2) is 0 Å². The molecule has 1 fully saturated rings. The first kappa shape index (κ1) is 23.8. The van der Waals surface area contributed by atoms with Gasteiger partial charge in [0, 0.05) is 18.5 Å². The lowest BCUT2D eigenvalue weighted by molar-refractivity contribution is -0.139. The third-order valence-corrected chi connectivity index (χ3v) is 6.76. The Hall–Kier alpha value is -3.39. The van der Waals surface area contributed by atoms with E-state index in [0.29, 0.717) is 6.54 Å². The van der Waals surface area contributed by atoms with Gasteiger partial charge in [0.25, 0.3) is 0 Å². The molecule has 34 heavy (non-hydrogen) atoms. The highest BCUT2D eigenvalue weighted by atomic mass is 16.5. The summed E-state index contributed by atoms with van der Waals surface area (Å²) in [6, 6.07) is 15.0. The van der Waals surface area contributed by atoms with Crippen LogP contribution in [0.2, 0.25) is 0 Å². The second-order valence-corrected chi connectivity index (χ2v) is 9.00. The van der Waals surface area contributed by atoms with Crippen LogP contribution in [0.3, 0.4) is 0 Å². The fraction of sp³-hybridized carbons (Fsp3) is 0.423. The lowest BCUT2D eigenvalue weighted by Gasteiger charge is -2.32. The molecule has 2 aliphatic rings. The van der Waals surface area contributed by atoms with Crippen LogP contribution in [0.25, 0.3) is 11.1 Å². The number of nitrogens with one attached hydrogen (secondary N) is 2. The molecule has 8 heteroatoms. The summed E-state index contributed by atoms with van der Waals surface area (Å²) in [6.45, 7) is 1.48. The highest BCUT2D eigenvalue weighted by Crippen LogP contribution is 2.44. The molecule has 2 amide bonds. The molecule has 1 heterocycles. The minimum atomic E-state index is -1.21. The topological polar surface area (TPSA) is 108 Å². The van der Waals surface area contributed by atoms with E-state index in [2.05, 4.69) is 15.5 Å². The summed E-state index contributed by atoms with van der Waals surface area (Å²) in [5, 5.41) is 14.5. The van der Waals surface area contributed by atoms with Crippen molar-refractivity contribution in [1.29, 1.82) is 0 Å². The molecule has 1 aliphatic carbocycles. The zero-order chi connectivity index (χ0) is 24.1. The van der Waals surface area contributed by atoms with Crippen molar-refractivity contribution in [3.63, 3.8) is 0 Å². The van der Waals surface area contributed by atoms with E-state index in [9.17, 15) is 19.5 Å². The van der Waals surface area contributed by atoms with Crippen LogP contribution in [0, 0.1) is 0 Å². The molecule has 1 saturated heterocycles. The van der Waals surface area contributed by atoms with Crippen LogP contribution in [-0.4, -0.2) is 66.8 Å². The number of carbonyl (C=O) groups excluding carboxylic acids is 2. The molecule has 4 rings (SSSR count). The van der Waals surface area contributed by atoms with Gasteiger partial charge < -0.3 is 25.4 Å². The van der Waals surface area contributed by atoms with Gasteiger partial charge in [-0.05, 0) is 48.7 Å². The summed E-state index contributed by atoms with van der Waals surface area (Å²) >= 11 is 0. The van der Waals surface area contributed by atoms with Crippen LogP contribution in [-0.2, 0) is 14.3 Å². The van der Waals surface area contributed by atoms with Gasteiger partial charge in [-0.25, -0.2) is 4.79 Å². The number of carbonyl (C=O) groups is 3. The van der Waals surface area contributed by atoms with Crippen LogP contribution >= 0.6 is 0 Å². The molecule has 0 spiro atoms. The van der Waals surface area contributed by atoms with Gasteiger partial charge in [-0.1, -0.05) is 55.0 Å².